The van der Waals surface area contributed by atoms with E-state index in [1.807, 2.05) is 13.8 Å². The average Bonchev–Trinajstić information content (AvgIpc) is 2.65. The third-order valence-electron chi connectivity index (χ3n) is 1.75. The van der Waals surface area contributed by atoms with Crippen LogP contribution in [0.1, 0.15) is 20.3 Å². The molecule has 1 rings (SSSR count). The molecule has 7 nitrogen and oxygen atoms in total. The maximum absolute atomic E-state index is 11.3. The summed E-state index contributed by atoms with van der Waals surface area (Å²) in [5.74, 6) is -0.0569. The van der Waals surface area contributed by atoms with Gasteiger partial charge in [-0.05, 0) is 25.2 Å². The Bertz CT molecular complexity index is 405. The van der Waals surface area contributed by atoms with E-state index in [0.29, 0.717) is 18.1 Å². The summed E-state index contributed by atoms with van der Waals surface area (Å²) in [6, 6.07) is 0.114. The first kappa shape index (κ1) is 13.4. The van der Waals surface area contributed by atoms with Gasteiger partial charge in [-0.15, -0.1) is 0 Å². The summed E-state index contributed by atoms with van der Waals surface area (Å²) in [4.78, 5) is 25.0. The van der Waals surface area contributed by atoms with Crippen molar-refractivity contribution in [2.75, 3.05) is 11.9 Å². The standard InChI is InChI=1S/C9H14N4O3S/c1-6(2)12-7(14)3-4-10-9-11-5-8(17-9)13(15)16/h5-6H,3-4H2,1-2H3,(H,10,11)(H,12,14). The highest BCUT2D eigenvalue weighted by molar-refractivity contribution is 7.18. The van der Waals surface area contributed by atoms with E-state index in [2.05, 4.69) is 15.6 Å². The number of nitro groups is 1. The topological polar surface area (TPSA) is 97.2 Å². The average molecular weight is 258 g/mol. The number of amides is 1. The van der Waals surface area contributed by atoms with Gasteiger partial charge in [-0.1, -0.05) is 0 Å². The van der Waals surface area contributed by atoms with E-state index >= 15 is 0 Å². The van der Waals surface area contributed by atoms with E-state index in [-0.39, 0.29) is 17.0 Å². The third kappa shape index (κ3) is 4.77. The van der Waals surface area contributed by atoms with Gasteiger partial charge in [-0.2, -0.15) is 0 Å². The largest absolute Gasteiger partial charge is 0.361 e. The van der Waals surface area contributed by atoms with Gasteiger partial charge in [0.2, 0.25) is 5.91 Å². The number of nitrogens with one attached hydrogen (secondary N) is 2. The Morgan fingerprint density at radius 3 is 2.88 bits per heavy atom. The number of anilines is 1. The molecule has 1 amide bonds. The SMILES string of the molecule is CC(C)NC(=O)CCNc1ncc([N+](=O)[O-])s1. The van der Waals surface area contributed by atoms with Crippen LogP contribution in [0.4, 0.5) is 10.1 Å². The molecule has 0 aliphatic rings. The van der Waals surface area contributed by atoms with E-state index in [0.717, 1.165) is 11.3 Å². The molecule has 0 unspecified atom stereocenters. The fourth-order valence-electron chi connectivity index (χ4n) is 1.11. The Balaban J connectivity index is 2.31. The molecule has 0 aromatic carbocycles. The van der Waals surface area contributed by atoms with Crippen molar-refractivity contribution in [1.29, 1.82) is 0 Å². The molecular weight excluding hydrogens is 244 g/mol. The van der Waals surface area contributed by atoms with Crippen molar-refractivity contribution in [3.63, 3.8) is 0 Å². The van der Waals surface area contributed by atoms with Gasteiger partial charge < -0.3 is 10.6 Å². The molecule has 0 saturated heterocycles. The van der Waals surface area contributed by atoms with E-state index in [9.17, 15) is 14.9 Å². The second-order valence-corrected chi connectivity index (χ2v) is 4.67. The molecule has 0 spiro atoms. The number of thiazole rings is 1. The van der Waals surface area contributed by atoms with Crippen molar-refractivity contribution in [3.8, 4) is 0 Å². The van der Waals surface area contributed by atoms with Crippen molar-refractivity contribution in [2.45, 2.75) is 26.3 Å². The second-order valence-electron chi connectivity index (χ2n) is 3.66. The Morgan fingerprint density at radius 1 is 1.65 bits per heavy atom. The van der Waals surface area contributed by atoms with Crippen molar-refractivity contribution >= 4 is 27.4 Å². The van der Waals surface area contributed by atoms with Gasteiger partial charge in [0.1, 0.15) is 6.20 Å². The van der Waals surface area contributed by atoms with Crippen LogP contribution in [0.25, 0.3) is 0 Å². The van der Waals surface area contributed by atoms with Crippen LogP contribution in [-0.4, -0.2) is 28.4 Å². The monoisotopic (exact) mass is 258 g/mol. The molecule has 0 bridgehead atoms. The van der Waals surface area contributed by atoms with E-state index < -0.39 is 4.92 Å². The minimum absolute atomic E-state index is 0.0147. The van der Waals surface area contributed by atoms with Crippen LogP contribution in [0.2, 0.25) is 0 Å². The summed E-state index contributed by atoms with van der Waals surface area (Å²) < 4.78 is 0. The van der Waals surface area contributed by atoms with Crippen LogP contribution in [0.15, 0.2) is 6.20 Å². The van der Waals surface area contributed by atoms with Crippen LogP contribution in [0.5, 0.6) is 0 Å². The van der Waals surface area contributed by atoms with Crippen molar-refractivity contribution in [3.05, 3.63) is 16.3 Å². The molecule has 0 atom stereocenters. The lowest BCUT2D eigenvalue weighted by atomic mass is 10.3. The lowest BCUT2D eigenvalue weighted by molar-refractivity contribution is -0.380. The second kappa shape index (κ2) is 6.14. The van der Waals surface area contributed by atoms with Crippen LogP contribution < -0.4 is 10.6 Å². The summed E-state index contributed by atoms with van der Waals surface area (Å²) in [7, 11) is 0. The minimum Gasteiger partial charge on any atom is -0.361 e. The lowest BCUT2D eigenvalue weighted by Crippen LogP contribution is -2.31. The first-order valence-corrected chi connectivity index (χ1v) is 5.94. The fourth-order valence-corrected chi connectivity index (χ4v) is 1.77. The normalized spacial score (nSPS) is 10.3. The number of rotatable bonds is 6. The summed E-state index contributed by atoms with van der Waals surface area (Å²) >= 11 is 0.954. The molecule has 0 aliphatic carbocycles. The van der Waals surface area contributed by atoms with Gasteiger partial charge in [-0.25, -0.2) is 4.98 Å². The van der Waals surface area contributed by atoms with Crippen LogP contribution in [-0.2, 0) is 4.79 Å². The molecule has 0 saturated carbocycles. The highest BCUT2D eigenvalue weighted by Gasteiger charge is 2.11. The minimum atomic E-state index is -0.492. The van der Waals surface area contributed by atoms with E-state index in [1.54, 1.807) is 0 Å². The predicted octanol–water partition coefficient (Wildman–Crippen LogP) is 1.38. The third-order valence-corrected chi connectivity index (χ3v) is 2.66. The first-order valence-electron chi connectivity index (χ1n) is 5.12. The van der Waals surface area contributed by atoms with Crippen LogP contribution in [0, 0.1) is 10.1 Å². The van der Waals surface area contributed by atoms with Crippen LogP contribution in [0.3, 0.4) is 0 Å². The molecule has 94 valence electrons. The van der Waals surface area contributed by atoms with Gasteiger partial charge in [0.15, 0.2) is 5.13 Å². The molecule has 1 aromatic rings. The Labute approximate surface area is 102 Å². The number of nitrogens with zero attached hydrogens (tertiary/aromatic N) is 2. The summed E-state index contributed by atoms with van der Waals surface area (Å²) in [6.07, 6.45) is 1.51. The Hall–Kier alpha value is -1.70. The van der Waals surface area contributed by atoms with Crippen molar-refractivity contribution < 1.29 is 9.72 Å². The quantitative estimate of drug-likeness (QED) is 0.593. The number of carbonyl (C=O) groups is 1. The van der Waals surface area contributed by atoms with Gasteiger partial charge in [0.05, 0.1) is 4.92 Å². The zero-order valence-electron chi connectivity index (χ0n) is 9.60. The maximum Gasteiger partial charge on any atom is 0.345 e. The maximum atomic E-state index is 11.3. The molecule has 1 heterocycles. The smallest absolute Gasteiger partial charge is 0.345 e. The van der Waals surface area contributed by atoms with E-state index in [1.165, 1.54) is 6.20 Å². The molecule has 0 radical (unpaired) electrons. The number of hydrogen-bond acceptors (Lipinski definition) is 6. The van der Waals surface area contributed by atoms with Crippen molar-refractivity contribution in [1.82, 2.24) is 10.3 Å². The summed E-state index contributed by atoms with van der Waals surface area (Å²) in [5.41, 5.74) is 0. The van der Waals surface area contributed by atoms with Crippen molar-refractivity contribution in [2.24, 2.45) is 0 Å². The molecule has 2 N–H and O–H groups in total. The highest BCUT2D eigenvalue weighted by atomic mass is 32.1. The van der Waals surface area contributed by atoms with Crippen LogP contribution >= 0.6 is 11.3 Å². The highest BCUT2D eigenvalue weighted by Crippen LogP contribution is 2.24. The lowest BCUT2D eigenvalue weighted by Gasteiger charge is -2.07. The molecule has 0 fully saturated rings. The summed E-state index contributed by atoms with van der Waals surface area (Å²) in [5, 5.41) is 16.5. The number of aromatic nitrogens is 1. The number of carbonyl (C=O) groups excluding carboxylic acids is 1. The molecular formula is C9H14N4O3S. The first-order chi connectivity index (χ1) is 7.99. The van der Waals surface area contributed by atoms with Gasteiger partial charge in [-0.3, -0.25) is 14.9 Å². The molecule has 17 heavy (non-hydrogen) atoms. The van der Waals surface area contributed by atoms with Gasteiger partial charge in [0, 0.05) is 19.0 Å². The van der Waals surface area contributed by atoms with Gasteiger partial charge in [0.25, 0.3) is 0 Å². The summed E-state index contributed by atoms with van der Waals surface area (Å²) in [6.45, 7) is 4.17. The molecule has 1 aromatic heterocycles. The van der Waals surface area contributed by atoms with Gasteiger partial charge >= 0.3 is 5.00 Å². The molecule has 0 aliphatic heterocycles. The Morgan fingerprint density at radius 2 is 2.35 bits per heavy atom. The zero-order valence-corrected chi connectivity index (χ0v) is 10.4. The Kier molecular flexibility index (Phi) is 4.83. The number of hydrogen-bond donors (Lipinski definition) is 2. The predicted molar refractivity (Wildman–Crippen MR) is 65.2 cm³/mol. The molecule has 8 heteroatoms. The fraction of sp³-hybridized carbons (Fsp3) is 0.556. The van der Waals surface area contributed by atoms with E-state index in [4.69, 9.17) is 0 Å². The zero-order chi connectivity index (χ0) is 12.8.